The van der Waals surface area contributed by atoms with E-state index in [1.54, 1.807) is 18.2 Å². The fourth-order valence-corrected chi connectivity index (χ4v) is 8.55. The average Bonchev–Trinajstić information content (AvgIpc) is 3.78. The third kappa shape index (κ3) is 9.24. The minimum Gasteiger partial charge on any atom is -0.358 e. The van der Waals surface area contributed by atoms with Crippen LogP contribution in [-0.2, 0) is 25.6 Å². The first-order chi connectivity index (χ1) is 28.9. The standard InChI is InChI=1S/C44H51FN8O7/c1-26-34(24-32-31-23-29(45)12-13-33(31)49-40(32)56)48-27(2)38(26)42(58)47-17-8-18-51-19-21-52(22-20-51)25-37(55)46-16-6-4-3-5-9-28-10-7-11-30-39(28)44(60)53(43(30)59)35-14-15-36(54)50-41(35)57/h7,10-13,23-24,35,48H,3-6,8-9,14-22,25H2,1-2H3,(H,46,55)(H,47,58)(H,49,56)(H,50,54,57)/b32-24-. The Bertz CT molecular complexity index is 2260. The Morgan fingerprint density at radius 2 is 1.60 bits per heavy atom. The van der Waals surface area contributed by atoms with Crippen molar-refractivity contribution in [2.24, 2.45) is 0 Å². The number of benzene rings is 2. The zero-order valence-electron chi connectivity index (χ0n) is 34.0. The van der Waals surface area contributed by atoms with Crippen LogP contribution in [0.1, 0.15) is 104 Å². The number of fused-ring (bicyclic) bond motifs is 2. The van der Waals surface area contributed by atoms with E-state index in [-0.39, 0.29) is 30.6 Å². The molecule has 7 rings (SSSR count). The minimum absolute atomic E-state index is 0.00493. The van der Waals surface area contributed by atoms with Crippen LogP contribution in [0.25, 0.3) is 11.6 Å². The van der Waals surface area contributed by atoms with Crippen molar-refractivity contribution >= 4 is 58.7 Å². The van der Waals surface area contributed by atoms with Crippen LogP contribution in [0.15, 0.2) is 36.4 Å². The van der Waals surface area contributed by atoms with E-state index in [1.165, 1.54) is 18.2 Å². The number of hydrogen-bond donors (Lipinski definition) is 5. The van der Waals surface area contributed by atoms with Crippen LogP contribution in [0, 0.1) is 19.7 Å². The number of anilines is 1. The molecule has 1 atom stereocenters. The van der Waals surface area contributed by atoms with Gasteiger partial charge in [-0.15, -0.1) is 0 Å². The molecule has 0 bridgehead atoms. The number of aryl methyl sites for hydroxylation is 2. The van der Waals surface area contributed by atoms with Crippen molar-refractivity contribution in [1.29, 1.82) is 0 Å². The second kappa shape index (κ2) is 18.5. The lowest BCUT2D eigenvalue weighted by Gasteiger charge is -2.34. The number of piperazine rings is 1. The van der Waals surface area contributed by atoms with E-state index in [4.69, 9.17) is 0 Å². The molecule has 2 saturated heterocycles. The molecule has 1 aromatic heterocycles. The molecule has 4 aliphatic heterocycles. The summed E-state index contributed by atoms with van der Waals surface area (Å²) in [7, 11) is 0. The van der Waals surface area contributed by atoms with E-state index in [2.05, 4.69) is 36.1 Å². The minimum atomic E-state index is -0.987. The van der Waals surface area contributed by atoms with Crippen LogP contribution in [-0.4, -0.2) is 119 Å². The van der Waals surface area contributed by atoms with E-state index in [0.29, 0.717) is 76.5 Å². The maximum absolute atomic E-state index is 13.9. The Morgan fingerprint density at radius 1 is 0.850 bits per heavy atom. The first-order valence-electron chi connectivity index (χ1n) is 20.7. The summed E-state index contributed by atoms with van der Waals surface area (Å²) in [4.78, 5) is 97.5. The molecule has 4 aliphatic rings. The van der Waals surface area contributed by atoms with Gasteiger partial charge >= 0.3 is 0 Å². The second-order valence-electron chi connectivity index (χ2n) is 15.9. The average molecular weight is 823 g/mol. The van der Waals surface area contributed by atoms with Crippen molar-refractivity contribution < 1.29 is 38.0 Å². The third-order valence-corrected chi connectivity index (χ3v) is 11.8. The summed E-state index contributed by atoms with van der Waals surface area (Å²) in [5, 5.41) is 11.0. The van der Waals surface area contributed by atoms with Crippen molar-refractivity contribution in [3.05, 3.63) is 87.0 Å². The molecule has 16 heteroatoms. The smallest absolute Gasteiger partial charge is 0.262 e. The second-order valence-corrected chi connectivity index (χ2v) is 15.9. The summed E-state index contributed by atoms with van der Waals surface area (Å²) < 4.78 is 13.9. The van der Waals surface area contributed by atoms with Crippen molar-refractivity contribution in [3.63, 3.8) is 0 Å². The number of rotatable bonds is 16. The predicted molar refractivity (Wildman–Crippen MR) is 221 cm³/mol. The normalized spacial score (nSPS) is 18.8. The lowest BCUT2D eigenvalue weighted by molar-refractivity contribution is -0.136. The predicted octanol–water partition coefficient (Wildman–Crippen LogP) is 3.32. The zero-order chi connectivity index (χ0) is 42.5. The number of unbranched alkanes of at least 4 members (excludes halogenated alkanes) is 3. The van der Waals surface area contributed by atoms with E-state index < -0.39 is 35.5 Å². The van der Waals surface area contributed by atoms with Gasteiger partial charge in [0.25, 0.3) is 23.6 Å². The fraction of sp³-hybridized carbons (Fsp3) is 0.432. The van der Waals surface area contributed by atoms with Gasteiger partial charge in [-0.1, -0.05) is 25.0 Å². The van der Waals surface area contributed by atoms with E-state index in [0.717, 1.165) is 75.3 Å². The quantitative estimate of drug-likeness (QED) is 0.0820. The maximum Gasteiger partial charge on any atom is 0.262 e. The number of carbonyl (C=O) groups is 7. The summed E-state index contributed by atoms with van der Waals surface area (Å²) >= 11 is 0. The maximum atomic E-state index is 13.9. The molecule has 316 valence electrons. The SMILES string of the molecule is Cc1[nH]c(/C=C2\C(=O)Nc3ccc(F)cc32)c(C)c1C(=O)NCCCN1CCN(CC(=O)NCCCCCCc2cccc3c2C(=O)N(C2CCC(=O)NC2=O)C3=O)CC1. The summed E-state index contributed by atoms with van der Waals surface area (Å²) in [5.41, 5.74) is 5.32. The number of nitrogens with one attached hydrogen (secondary N) is 5. The number of halogens is 1. The molecule has 3 aromatic rings. The number of piperidine rings is 1. The van der Waals surface area contributed by atoms with E-state index in [9.17, 15) is 38.0 Å². The Kier molecular flexibility index (Phi) is 13.0. The highest BCUT2D eigenvalue weighted by Gasteiger charge is 2.45. The lowest BCUT2D eigenvalue weighted by atomic mass is 9.97. The number of carbonyl (C=O) groups excluding carboxylic acids is 7. The van der Waals surface area contributed by atoms with Gasteiger partial charge in [0.1, 0.15) is 11.9 Å². The molecule has 5 heterocycles. The van der Waals surface area contributed by atoms with E-state index >= 15 is 0 Å². The lowest BCUT2D eigenvalue weighted by Crippen LogP contribution is -2.54. The molecule has 2 aromatic carbocycles. The largest absolute Gasteiger partial charge is 0.358 e. The van der Waals surface area contributed by atoms with Crippen LogP contribution in [0.4, 0.5) is 10.1 Å². The topological polar surface area (TPSA) is 193 Å². The van der Waals surface area contributed by atoms with Crippen molar-refractivity contribution in [1.82, 2.24) is 35.6 Å². The van der Waals surface area contributed by atoms with Crippen molar-refractivity contribution in [3.8, 4) is 0 Å². The highest BCUT2D eigenvalue weighted by molar-refractivity contribution is 6.35. The van der Waals surface area contributed by atoms with Gasteiger partial charge in [0.2, 0.25) is 17.7 Å². The molecular weight excluding hydrogens is 772 g/mol. The van der Waals surface area contributed by atoms with Crippen LogP contribution >= 0.6 is 0 Å². The van der Waals surface area contributed by atoms with Crippen molar-refractivity contribution in [2.45, 2.75) is 71.3 Å². The zero-order valence-corrected chi connectivity index (χ0v) is 34.0. The van der Waals surface area contributed by atoms with Crippen LogP contribution in [0.5, 0.6) is 0 Å². The fourth-order valence-electron chi connectivity index (χ4n) is 8.55. The molecule has 7 amide bonds. The van der Waals surface area contributed by atoms with Crippen molar-refractivity contribution in [2.75, 3.05) is 57.7 Å². The Balaban J connectivity index is 0.753. The number of H-pyrrole nitrogens is 1. The molecule has 1 unspecified atom stereocenters. The van der Waals surface area contributed by atoms with Gasteiger partial charge in [-0.3, -0.25) is 48.7 Å². The molecule has 0 spiro atoms. The first kappa shape index (κ1) is 42.1. The number of nitrogens with zero attached hydrogens (tertiary/aromatic N) is 3. The number of hydrogen-bond acceptors (Lipinski definition) is 9. The molecule has 0 radical (unpaired) electrons. The molecule has 0 saturated carbocycles. The van der Waals surface area contributed by atoms with Gasteiger partial charge < -0.3 is 25.8 Å². The summed E-state index contributed by atoms with van der Waals surface area (Å²) in [6, 6.07) is 8.36. The van der Waals surface area contributed by atoms with Gasteiger partial charge in [-0.05, 0) is 94.0 Å². The van der Waals surface area contributed by atoms with Gasteiger partial charge in [-0.25, -0.2) is 4.39 Å². The molecule has 15 nitrogen and oxygen atoms in total. The first-order valence-corrected chi connectivity index (χ1v) is 20.7. The number of aromatic amines is 1. The molecule has 2 fully saturated rings. The number of amides is 7. The molecule has 0 aliphatic carbocycles. The van der Waals surface area contributed by atoms with Gasteiger partial charge in [0, 0.05) is 68.3 Å². The van der Waals surface area contributed by atoms with Crippen LogP contribution in [0.3, 0.4) is 0 Å². The van der Waals surface area contributed by atoms with Crippen LogP contribution in [0.2, 0.25) is 0 Å². The molecular formula is C44H51FN8O7. The van der Waals surface area contributed by atoms with Crippen LogP contribution < -0.4 is 21.3 Å². The number of imide groups is 2. The monoisotopic (exact) mass is 822 g/mol. The Morgan fingerprint density at radius 3 is 2.38 bits per heavy atom. The third-order valence-electron chi connectivity index (χ3n) is 11.8. The van der Waals surface area contributed by atoms with Gasteiger partial charge in [-0.2, -0.15) is 0 Å². The number of aromatic nitrogens is 1. The molecule has 60 heavy (non-hydrogen) atoms. The summed E-state index contributed by atoms with van der Waals surface area (Å²) in [6.07, 6.45) is 6.63. The summed E-state index contributed by atoms with van der Waals surface area (Å²) in [6.45, 7) is 9.07. The summed E-state index contributed by atoms with van der Waals surface area (Å²) in [5.74, 6) is -2.98. The highest BCUT2D eigenvalue weighted by Crippen LogP contribution is 2.35. The Labute approximate surface area is 347 Å². The Hall–Kier alpha value is -6.00. The van der Waals surface area contributed by atoms with Gasteiger partial charge in [0.05, 0.1) is 28.8 Å². The molecule has 5 N–H and O–H groups in total. The highest BCUT2D eigenvalue weighted by atomic mass is 19.1. The van der Waals surface area contributed by atoms with E-state index in [1.807, 2.05) is 19.9 Å². The van der Waals surface area contributed by atoms with Gasteiger partial charge in [0.15, 0.2) is 0 Å².